The molecule has 5 nitrogen and oxygen atoms in total. The van der Waals surface area contributed by atoms with Crippen LogP contribution in [-0.2, 0) is 0 Å². The summed E-state index contributed by atoms with van der Waals surface area (Å²) >= 11 is 0. The van der Waals surface area contributed by atoms with Crippen molar-refractivity contribution in [1.29, 1.82) is 0 Å². The molecule has 3 heterocycles. The van der Waals surface area contributed by atoms with E-state index in [0.29, 0.717) is 0 Å². The van der Waals surface area contributed by atoms with Crippen LogP contribution in [0, 0.1) is 11.2 Å². The summed E-state index contributed by atoms with van der Waals surface area (Å²) in [6.07, 6.45) is 3.77. The number of carbonyl (C=O) groups excluding carboxylic acids is 1. The Kier molecular flexibility index (Phi) is 4.34. The minimum Gasteiger partial charge on any atom is -0.370 e. The summed E-state index contributed by atoms with van der Waals surface area (Å²) in [4.78, 5) is 21.1. The number of halogens is 1. The molecule has 0 radical (unpaired) electrons. The number of nitrogens with one attached hydrogen (secondary N) is 1. The van der Waals surface area contributed by atoms with Crippen molar-refractivity contribution in [3.63, 3.8) is 0 Å². The molecule has 5 rings (SSSR count). The Balaban J connectivity index is 1.22. The zero-order valence-corrected chi connectivity index (χ0v) is 16.1. The van der Waals surface area contributed by atoms with E-state index in [0.717, 1.165) is 61.3 Å². The number of amides is 2. The molecule has 2 aliphatic heterocycles. The standard InChI is InChI=1S/C23H23FN4O/c24-17-6-7-20-19(14-17)21(8-11-25-20)28-15-23(16-28)9-12-27(13-10-23)22(29)26-18-4-2-1-3-5-18/h1-8,11,14H,9-10,12-13,15-16H2,(H,26,29). The van der Waals surface area contributed by atoms with Crippen LogP contribution < -0.4 is 10.2 Å². The molecule has 0 saturated carbocycles. The Hall–Kier alpha value is -3.15. The van der Waals surface area contributed by atoms with Crippen molar-refractivity contribution >= 4 is 28.3 Å². The van der Waals surface area contributed by atoms with E-state index in [1.807, 2.05) is 41.3 Å². The zero-order valence-electron chi connectivity index (χ0n) is 16.1. The number of rotatable bonds is 2. The minimum absolute atomic E-state index is 0.0298. The van der Waals surface area contributed by atoms with Crippen molar-refractivity contribution in [2.75, 3.05) is 36.4 Å². The first kappa shape index (κ1) is 17.9. The van der Waals surface area contributed by atoms with Gasteiger partial charge in [-0.1, -0.05) is 18.2 Å². The molecule has 29 heavy (non-hydrogen) atoms. The summed E-state index contributed by atoms with van der Waals surface area (Å²) in [7, 11) is 0. The van der Waals surface area contributed by atoms with E-state index in [1.54, 1.807) is 18.3 Å². The molecule has 1 spiro atoms. The van der Waals surface area contributed by atoms with Gasteiger partial charge in [0.05, 0.1) is 5.52 Å². The lowest BCUT2D eigenvalue weighted by Gasteiger charge is -2.55. The Morgan fingerprint density at radius 2 is 1.79 bits per heavy atom. The molecule has 0 aliphatic carbocycles. The van der Waals surface area contributed by atoms with E-state index in [9.17, 15) is 9.18 Å². The van der Waals surface area contributed by atoms with E-state index >= 15 is 0 Å². The number of likely N-dealkylation sites (tertiary alicyclic amines) is 1. The number of piperidine rings is 1. The monoisotopic (exact) mass is 390 g/mol. The number of pyridine rings is 1. The number of urea groups is 1. The van der Waals surface area contributed by atoms with Crippen LogP contribution in [0.25, 0.3) is 10.9 Å². The second kappa shape index (κ2) is 7.03. The van der Waals surface area contributed by atoms with Gasteiger partial charge in [-0.15, -0.1) is 0 Å². The number of aromatic nitrogens is 1. The number of hydrogen-bond acceptors (Lipinski definition) is 3. The number of para-hydroxylation sites is 1. The fourth-order valence-corrected chi connectivity index (χ4v) is 4.54. The van der Waals surface area contributed by atoms with Crippen LogP contribution in [0.1, 0.15) is 12.8 Å². The first-order valence-corrected chi connectivity index (χ1v) is 10.0. The molecule has 3 aromatic rings. The topological polar surface area (TPSA) is 48.5 Å². The lowest BCUT2D eigenvalue weighted by atomic mass is 9.71. The Morgan fingerprint density at radius 3 is 2.55 bits per heavy atom. The lowest BCUT2D eigenvalue weighted by molar-refractivity contribution is 0.0945. The second-order valence-corrected chi connectivity index (χ2v) is 8.13. The molecular formula is C23H23FN4O. The van der Waals surface area contributed by atoms with Gasteiger partial charge in [0, 0.05) is 54.6 Å². The molecule has 148 valence electrons. The summed E-state index contributed by atoms with van der Waals surface area (Å²) in [6, 6.07) is 16.2. The van der Waals surface area contributed by atoms with Crippen molar-refractivity contribution in [1.82, 2.24) is 9.88 Å². The summed E-state index contributed by atoms with van der Waals surface area (Å²) in [6.45, 7) is 3.41. The maximum Gasteiger partial charge on any atom is 0.321 e. The van der Waals surface area contributed by atoms with Gasteiger partial charge in [-0.25, -0.2) is 9.18 Å². The molecule has 2 amide bonds. The third kappa shape index (κ3) is 3.39. The lowest BCUT2D eigenvalue weighted by Crippen LogP contribution is -2.61. The predicted octanol–water partition coefficient (Wildman–Crippen LogP) is 4.51. The molecule has 2 aromatic carbocycles. The van der Waals surface area contributed by atoms with Crippen LogP contribution in [0.3, 0.4) is 0 Å². The Labute approximate surface area is 169 Å². The highest BCUT2D eigenvalue weighted by Gasteiger charge is 2.45. The number of hydrogen-bond donors (Lipinski definition) is 1. The molecule has 2 fully saturated rings. The average Bonchev–Trinajstić information content (AvgIpc) is 2.72. The number of fused-ring (bicyclic) bond motifs is 1. The van der Waals surface area contributed by atoms with Crippen LogP contribution in [0.5, 0.6) is 0 Å². The Bertz CT molecular complexity index is 1040. The third-order valence-electron chi connectivity index (χ3n) is 6.21. The molecular weight excluding hydrogens is 367 g/mol. The first-order chi connectivity index (χ1) is 14.1. The number of carbonyl (C=O) groups is 1. The van der Waals surface area contributed by atoms with Crippen molar-refractivity contribution in [3.05, 3.63) is 66.6 Å². The summed E-state index contributed by atoms with van der Waals surface area (Å²) < 4.78 is 13.7. The fourth-order valence-electron chi connectivity index (χ4n) is 4.54. The quantitative estimate of drug-likeness (QED) is 0.700. The molecule has 0 atom stereocenters. The first-order valence-electron chi connectivity index (χ1n) is 10.0. The highest BCUT2D eigenvalue weighted by atomic mass is 19.1. The van der Waals surface area contributed by atoms with Gasteiger partial charge in [-0.3, -0.25) is 4.98 Å². The second-order valence-electron chi connectivity index (χ2n) is 8.13. The van der Waals surface area contributed by atoms with Crippen LogP contribution in [-0.4, -0.2) is 42.1 Å². The number of nitrogens with zero attached hydrogens (tertiary/aromatic N) is 3. The largest absolute Gasteiger partial charge is 0.370 e. The van der Waals surface area contributed by atoms with Gasteiger partial charge in [-0.05, 0) is 49.2 Å². The van der Waals surface area contributed by atoms with Gasteiger partial charge in [0.2, 0.25) is 0 Å². The van der Waals surface area contributed by atoms with E-state index in [2.05, 4.69) is 15.2 Å². The van der Waals surface area contributed by atoms with E-state index in [1.165, 1.54) is 6.07 Å². The van der Waals surface area contributed by atoms with Gasteiger partial charge in [-0.2, -0.15) is 0 Å². The van der Waals surface area contributed by atoms with Crippen molar-refractivity contribution < 1.29 is 9.18 Å². The van der Waals surface area contributed by atoms with E-state index < -0.39 is 0 Å². The molecule has 2 saturated heterocycles. The van der Waals surface area contributed by atoms with Gasteiger partial charge in [0.25, 0.3) is 0 Å². The van der Waals surface area contributed by atoms with Gasteiger partial charge in [0.15, 0.2) is 0 Å². The molecule has 1 N–H and O–H groups in total. The normalized spacial score (nSPS) is 18.0. The zero-order chi connectivity index (χ0) is 19.8. The third-order valence-corrected chi connectivity index (χ3v) is 6.21. The fraction of sp³-hybridized carbons (Fsp3) is 0.304. The molecule has 0 unspecified atom stereocenters. The SMILES string of the molecule is O=C(Nc1ccccc1)N1CCC2(CC1)CN(c1ccnc3ccc(F)cc13)C2. The molecule has 6 heteroatoms. The highest BCUT2D eigenvalue weighted by Crippen LogP contribution is 2.44. The number of anilines is 2. The predicted molar refractivity (Wildman–Crippen MR) is 113 cm³/mol. The van der Waals surface area contributed by atoms with Gasteiger partial charge < -0.3 is 15.1 Å². The summed E-state index contributed by atoms with van der Waals surface area (Å²) in [5, 5.41) is 3.83. The van der Waals surface area contributed by atoms with Crippen LogP contribution in [0.2, 0.25) is 0 Å². The summed E-state index contributed by atoms with van der Waals surface area (Å²) in [5.41, 5.74) is 2.93. The van der Waals surface area contributed by atoms with Crippen molar-refractivity contribution in [2.24, 2.45) is 5.41 Å². The van der Waals surface area contributed by atoms with Gasteiger partial charge in [0.1, 0.15) is 5.82 Å². The minimum atomic E-state index is -0.236. The van der Waals surface area contributed by atoms with E-state index in [4.69, 9.17) is 0 Å². The molecule has 1 aromatic heterocycles. The highest BCUT2D eigenvalue weighted by molar-refractivity contribution is 5.92. The molecule has 0 bridgehead atoms. The Morgan fingerprint density at radius 1 is 1.03 bits per heavy atom. The van der Waals surface area contributed by atoms with Gasteiger partial charge >= 0.3 is 6.03 Å². The van der Waals surface area contributed by atoms with Crippen molar-refractivity contribution in [3.8, 4) is 0 Å². The van der Waals surface area contributed by atoms with Crippen LogP contribution in [0.4, 0.5) is 20.6 Å². The van der Waals surface area contributed by atoms with Crippen molar-refractivity contribution in [2.45, 2.75) is 12.8 Å². The average molecular weight is 390 g/mol. The van der Waals surface area contributed by atoms with Crippen LogP contribution in [0.15, 0.2) is 60.8 Å². The van der Waals surface area contributed by atoms with Crippen LogP contribution >= 0.6 is 0 Å². The molecule has 2 aliphatic rings. The smallest absolute Gasteiger partial charge is 0.321 e. The number of benzene rings is 2. The maximum atomic E-state index is 13.7. The van der Waals surface area contributed by atoms with E-state index in [-0.39, 0.29) is 17.3 Å². The maximum absolute atomic E-state index is 13.7. The summed E-state index contributed by atoms with van der Waals surface area (Å²) in [5.74, 6) is -0.236.